The Kier molecular flexibility index (Phi) is 2.04. The molecule has 0 fully saturated rings. The topological polar surface area (TPSA) is 43.0 Å². The molecular formula is C15H19N3. The molecule has 0 amide bonds. The summed E-state index contributed by atoms with van der Waals surface area (Å²) < 4.78 is 2.52. The van der Waals surface area contributed by atoms with Crippen molar-refractivity contribution in [1.82, 2.24) is 9.88 Å². The lowest BCUT2D eigenvalue weighted by Gasteiger charge is -2.31. The first-order valence-corrected chi connectivity index (χ1v) is 6.91. The van der Waals surface area contributed by atoms with Crippen molar-refractivity contribution >= 4 is 16.6 Å². The maximum absolute atomic E-state index is 6.25. The van der Waals surface area contributed by atoms with Crippen molar-refractivity contribution in [3.05, 3.63) is 29.0 Å². The van der Waals surface area contributed by atoms with Gasteiger partial charge in [-0.15, -0.1) is 0 Å². The number of aryl methyl sites for hydroxylation is 2. The molecule has 0 bridgehead atoms. The highest BCUT2D eigenvalue weighted by Crippen LogP contribution is 2.41. The number of hydrogen-bond donors (Lipinski definition) is 2. The maximum atomic E-state index is 6.25. The molecule has 1 atom stereocenters. The van der Waals surface area contributed by atoms with Gasteiger partial charge in [0.15, 0.2) is 0 Å². The van der Waals surface area contributed by atoms with Crippen molar-refractivity contribution in [1.29, 1.82) is 0 Å². The zero-order chi connectivity index (χ0) is 12.3. The van der Waals surface area contributed by atoms with E-state index in [9.17, 15) is 0 Å². The number of benzene rings is 1. The summed E-state index contributed by atoms with van der Waals surface area (Å²) in [4.78, 5) is 0. The lowest BCUT2D eigenvalue weighted by Crippen LogP contribution is -2.35. The molecule has 0 saturated heterocycles. The van der Waals surface area contributed by atoms with Crippen LogP contribution in [0.1, 0.15) is 35.7 Å². The average molecular weight is 241 g/mol. The van der Waals surface area contributed by atoms with Gasteiger partial charge in [-0.3, -0.25) is 0 Å². The van der Waals surface area contributed by atoms with Crippen LogP contribution in [-0.4, -0.2) is 11.1 Å². The second-order valence-corrected chi connectivity index (χ2v) is 5.61. The van der Waals surface area contributed by atoms with Gasteiger partial charge in [0.2, 0.25) is 0 Å². The number of nitrogens with one attached hydrogen (secondary N) is 1. The van der Waals surface area contributed by atoms with Crippen LogP contribution in [-0.2, 0) is 13.0 Å². The smallest absolute Gasteiger partial charge is 0.0536 e. The number of nitrogens with two attached hydrogens (primary N) is 1. The van der Waals surface area contributed by atoms with Crippen LogP contribution in [0.3, 0.4) is 0 Å². The van der Waals surface area contributed by atoms with Crippen LogP contribution in [0.15, 0.2) is 12.1 Å². The highest BCUT2D eigenvalue weighted by molar-refractivity contribution is 5.98. The Balaban J connectivity index is 2.18. The van der Waals surface area contributed by atoms with Crippen LogP contribution in [0, 0.1) is 6.92 Å². The minimum atomic E-state index is 0.550. The van der Waals surface area contributed by atoms with Crippen LogP contribution in [0.4, 0.5) is 5.69 Å². The van der Waals surface area contributed by atoms with Crippen molar-refractivity contribution in [2.45, 2.75) is 38.8 Å². The number of hydrogen-bond acceptors (Lipinski definition) is 2. The minimum absolute atomic E-state index is 0.550. The van der Waals surface area contributed by atoms with Gasteiger partial charge in [0.1, 0.15) is 0 Å². The molecule has 4 rings (SSSR count). The number of aromatic nitrogens is 1. The summed E-state index contributed by atoms with van der Waals surface area (Å²) in [7, 11) is 0. The van der Waals surface area contributed by atoms with Crippen molar-refractivity contribution in [3.63, 3.8) is 0 Å². The fourth-order valence-electron chi connectivity index (χ4n) is 3.84. The molecule has 1 aromatic heterocycles. The highest BCUT2D eigenvalue weighted by Gasteiger charge is 2.30. The summed E-state index contributed by atoms with van der Waals surface area (Å²) in [5.74, 6) is 0. The molecule has 0 unspecified atom stereocenters. The van der Waals surface area contributed by atoms with Gasteiger partial charge in [0, 0.05) is 35.9 Å². The number of rotatable bonds is 0. The lowest BCUT2D eigenvalue weighted by molar-refractivity contribution is 0.384. The summed E-state index contributed by atoms with van der Waals surface area (Å²) in [5.41, 5.74) is 13.0. The Morgan fingerprint density at radius 1 is 1.39 bits per heavy atom. The van der Waals surface area contributed by atoms with E-state index in [1.807, 2.05) is 0 Å². The van der Waals surface area contributed by atoms with E-state index in [4.69, 9.17) is 5.73 Å². The largest absolute Gasteiger partial charge is 0.398 e. The molecule has 1 aromatic carbocycles. The third-order valence-corrected chi connectivity index (χ3v) is 4.56. The van der Waals surface area contributed by atoms with Gasteiger partial charge >= 0.3 is 0 Å². The molecule has 1 aliphatic carbocycles. The molecule has 3 nitrogen and oxygen atoms in total. The van der Waals surface area contributed by atoms with Crippen molar-refractivity contribution < 1.29 is 0 Å². The van der Waals surface area contributed by atoms with Gasteiger partial charge in [-0.2, -0.15) is 0 Å². The Morgan fingerprint density at radius 3 is 3.17 bits per heavy atom. The van der Waals surface area contributed by atoms with Crippen LogP contribution in [0.2, 0.25) is 0 Å². The van der Waals surface area contributed by atoms with Crippen LogP contribution >= 0.6 is 0 Å². The highest BCUT2D eigenvalue weighted by atomic mass is 15.1. The fourth-order valence-corrected chi connectivity index (χ4v) is 3.84. The Bertz CT molecular complexity index is 586. The molecule has 3 N–H and O–H groups in total. The molecule has 2 aliphatic rings. The number of nitrogens with zero attached hydrogens (tertiary/aromatic N) is 1. The molecule has 0 spiro atoms. The Labute approximate surface area is 107 Å². The van der Waals surface area contributed by atoms with E-state index in [0.717, 1.165) is 18.8 Å². The SMILES string of the molecule is Cc1ccc(N)c2c3c4n(c12)CCN[C@H]4CCC3. The molecule has 1 aliphatic heterocycles. The normalized spacial score (nSPS) is 22.2. The van der Waals surface area contributed by atoms with Crippen molar-refractivity contribution in [2.24, 2.45) is 0 Å². The third-order valence-electron chi connectivity index (χ3n) is 4.56. The van der Waals surface area contributed by atoms with E-state index in [1.54, 1.807) is 0 Å². The van der Waals surface area contributed by atoms with Gasteiger partial charge in [-0.1, -0.05) is 6.07 Å². The summed E-state index contributed by atoms with van der Waals surface area (Å²) in [5, 5.41) is 4.99. The van der Waals surface area contributed by atoms with Gasteiger partial charge < -0.3 is 15.6 Å². The van der Waals surface area contributed by atoms with E-state index in [1.165, 1.54) is 47.0 Å². The summed E-state index contributed by atoms with van der Waals surface area (Å²) in [6, 6.07) is 4.77. The zero-order valence-corrected chi connectivity index (χ0v) is 10.8. The molecule has 0 radical (unpaired) electrons. The molecule has 94 valence electrons. The van der Waals surface area contributed by atoms with Gasteiger partial charge in [-0.05, 0) is 43.4 Å². The van der Waals surface area contributed by atoms with Crippen molar-refractivity contribution in [3.8, 4) is 0 Å². The van der Waals surface area contributed by atoms with Crippen LogP contribution in [0.25, 0.3) is 10.9 Å². The maximum Gasteiger partial charge on any atom is 0.0536 e. The molecule has 18 heavy (non-hydrogen) atoms. The average Bonchev–Trinajstić information content (AvgIpc) is 2.73. The van der Waals surface area contributed by atoms with Gasteiger partial charge in [0.05, 0.1) is 5.52 Å². The molecule has 3 heteroatoms. The molecule has 2 heterocycles. The van der Waals surface area contributed by atoms with E-state index in [0.29, 0.717) is 6.04 Å². The molecule has 2 aromatic rings. The van der Waals surface area contributed by atoms with E-state index in [-0.39, 0.29) is 0 Å². The van der Waals surface area contributed by atoms with Crippen LogP contribution in [0.5, 0.6) is 0 Å². The third kappa shape index (κ3) is 1.18. The quantitative estimate of drug-likeness (QED) is 0.696. The second-order valence-electron chi connectivity index (χ2n) is 5.61. The van der Waals surface area contributed by atoms with E-state index in [2.05, 4.69) is 28.9 Å². The number of fused-ring (bicyclic) bond motifs is 3. The lowest BCUT2D eigenvalue weighted by atomic mass is 9.90. The first-order chi connectivity index (χ1) is 8.77. The van der Waals surface area contributed by atoms with Gasteiger partial charge in [-0.25, -0.2) is 0 Å². The molecular weight excluding hydrogens is 222 g/mol. The first-order valence-electron chi connectivity index (χ1n) is 6.91. The zero-order valence-electron chi connectivity index (χ0n) is 10.8. The predicted molar refractivity (Wildman–Crippen MR) is 74.8 cm³/mol. The Morgan fingerprint density at radius 2 is 2.28 bits per heavy atom. The monoisotopic (exact) mass is 241 g/mol. The van der Waals surface area contributed by atoms with Crippen LogP contribution < -0.4 is 11.1 Å². The number of anilines is 1. The van der Waals surface area contributed by atoms with Crippen molar-refractivity contribution in [2.75, 3.05) is 12.3 Å². The second kappa shape index (κ2) is 3.51. The predicted octanol–water partition coefficient (Wildman–Crippen LogP) is 2.51. The standard InChI is InChI=1S/C15H19N3/c1-9-5-6-11(16)13-10-3-2-4-12-15(10)18(14(9)13)8-7-17-12/h5-6,12,17H,2-4,7-8,16H2,1H3/t12-/m0/s1. The van der Waals surface area contributed by atoms with Gasteiger partial charge in [0.25, 0.3) is 0 Å². The minimum Gasteiger partial charge on any atom is -0.398 e. The van der Waals surface area contributed by atoms with E-state index >= 15 is 0 Å². The summed E-state index contributed by atoms with van der Waals surface area (Å²) in [6.07, 6.45) is 3.73. The first kappa shape index (κ1) is 10.4. The summed E-state index contributed by atoms with van der Waals surface area (Å²) >= 11 is 0. The molecule has 0 saturated carbocycles. The number of nitrogen functional groups attached to an aromatic ring is 1. The Hall–Kier alpha value is -1.48. The summed E-state index contributed by atoms with van der Waals surface area (Å²) in [6.45, 7) is 4.36. The van der Waals surface area contributed by atoms with E-state index < -0.39 is 0 Å². The fraction of sp³-hybridized carbons (Fsp3) is 0.467.